The van der Waals surface area contributed by atoms with Crippen LogP contribution < -0.4 is 10.6 Å². The van der Waals surface area contributed by atoms with Gasteiger partial charge in [0.15, 0.2) is 5.96 Å². The number of hydrogen-bond acceptors (Lipinski definition) is 2. The van der Waals surface area contributed by atoms with Gasteiger partial charge in [-0.25, -0.2) is 4.99 Å². The fourth-order valence-corrected chi connectivity index (χ4v) is 3.86. The molecular weight excluding hydrogens is 288 g/mol. The van der Waals surface area contributed by atoms with Crippen molar-refractivity contribution in [3.05, 3.63) is 0 Å². The van der Waals surface area contributed by atoms with Gasteiger partial charge in [0.1, 0.15) is 6.54 Å². The number of guanidine groups is 1. The second-order valence-electron chi connectivity index (χ2n) is 7.44. The Morgan fingerprint density at radius 2 is 1.96 bits per heavy atom. The molecule has 0 aliphatic heterocycles. The van der Waals surface area contributed by atoms with Crippen LogP contribution in [0.15, 0.2) is 4.99 Å². The van der Waals surface area contributed by atoms with Gasteiger partial charge in [-0.1, -0.05) is 33.1 Å². The summed E-state index contributed by atoms with van der Waals surface area (Å²) in [6, 6.07) is 0.538. The van der Waals surface area contributed by atoms with E-state index in [9.17, 15) is 4.79 Å². The second-order valence-corrected chi connectivity index (χ2v) is 7.44. The van der Waals surface area contributed by atoms with Crippen LogP contribution in [0.4, 0.5) is 0 Å². The number of likely N-dealkylation sites (N-methyl/N-ethyl adjacent to an activating group) is 1. The van der Waals surface area contributed by atoms with Crippen molar-refractivity contribution in [3.8, 4) is 0 Å². The first-order valence-corrected chi connectivity index (χ1v) is 9.28. The fourth-order valence-electron chi connectivity index (χ4n) is 3.86. The molecule has 132 valence electrons. The molecule has 0 aromatic rings. The van der Waals surface area contributed by atoms with Gasteiger partial charge in [-0.2, -0.15) is 0 Å². The minimum Gasteiger partial charge on any atom is -0.356 e. The third kappa shape index (κ3) is 5.11. The summed E-state index contributed by atoms with van der Waals surface area (Å²) in [7, 11) is 3.55. The van der Waals surface area contributed by atoms with Gasteiger partial charge in [0.05, 0.1) is 0 Å². The van der Waals surface area contributed by atoms with Crippen LogP contribution in [0.1, 0.15) is 52.4 Å². The highest BCUT2D eigenvalue weighted by Crippen LogP contribution is 2.44. The van der Waals surface area contributed by atoms with Crippen molar-refractivity contribution in [1.82, 2.24) is 15.5 Å². The summed E-state index contributed by atoms with van der Waals surface area (Å²) in [6.45, 7) is 5.60. The third-order valence-corrected chi connectivity index (χ3v) is 5.64. The normalized spacial score (nSPS) is 26.7. The molecule has 1 amide bonds. The first-order valence-electron chi connectivity index (χ1n) is 9.28. The van der Waals surface area contributed by atoms with Gasteiger partial charge < -0.3 is 15.5 Å². The number of fused-ring (bicyclic) bond motifs is 2. The van der Waals surface area contributed by atoms with Gasteiger partial charge >= 0.3 is 0 Å². The first-order chi connectivity index (χ1) is 11.0. The molecule has 0 spiro atoms. The topological polar surface area (TPSA) is 56.7 Å². The lowest BCUT2D eigenvalue weighted by molar-refractivity contribution is -0.127. The van der Waals surface area contributed by atoms with E-state index in [4.69, 9.17) is 0 Å². The van der Waals surface area contributed by atoms with Crippen molar-refractivity contribution in [1.29, 1.82) is 0 Å². The van der Waals surface area contributed by atoms with Crippen LogP contribution in [-0.4, -0.2) is 50.0 Å². The Kier molecular flexibility index (Phi) is 6.72. The number of carbonyl (C=O) groups is 1. The number of carbonyl (C=O) groups excluding carboxylic acids is 1. The van der Waals surface area contributed by atoms with Crippen molar-refractivity contribution < 1.29 is 4.79 Å². The van der Waals surface area contributed by atoms with Crippen molar-refractivity contribution >= 4 is 11.9 Å². The van der Waals surface area contributed by atoms with E-state index in [0.717, 1.165) is 24.3 Å². The van der Waals surface area contributed by atoms with E-state index in [-0.39, 0.29) is 12.5 Å². The van der Waals surface area contributed by atoms with E-state index < -0.39 is 0 Å². The summed E-state index contributed by atoms with van der Waals surface area (Å²) in [4.78, 5) is 18.0. The summed E-state index contributed by atoms with van der Waals surface area (Å²) in [6.07, 6.45) is 7.71. The molecule has 0 aromatic heterocycles. The maximum Gasteiger partial charge on any atom is 0.243 e. The molecule has 0 heterocycles. The Hall–Kier alpha value is -1.26. The molecule has 2 saturated carbocycles. The Balaban J connectivity index is 1.92. The van der Waals surface area contributed by atoms with Crippen LogP contribution in [0.5, 0.6) is 0 Å². The molecule has 0 radical (unpaired) electrons. The van der Waals surface area contributed by atoms with Crippen LogP contribution in [0.25, 0.3) is 0 Å². The highest BCUT2D eigenvalue weighted by molar-refractivity contribution is 5.85. The van der Waals surface area contributed by atoms with Crippen LogP contribution in [-0.2, 0) is 4.79 Å². The molecule has 5 nitrogen and oxygen atoms in total. The molecule has 2 N–H and O–H groups in total. The maximum atomic E-state index is 11.8. The summed E-state index contributed by atoms with van der Waals surface area (Å²) in [5, 5.41) is 7.08. The SMILES string of the molecule is CCC(CC)CNC(=NCC(=O)N(C)C)NC1CC2CCC1C2. The van der Waals surface area contributed by atoms with Crippen molar-refractivity contribution in [2.24, 2.45) is 22.7 Å². The largest absolute Gasteiger partial charge is 0.356 e. The molecule has 2 aliphatic carbocycles. The van der Waals surface area contributed by atoms with E-state index in [1.165, 1.54) is 38.5 Å². The smallest absolute Gasteiger partial charge is 0.243 e. The monoisotopic (exact) mass is 322 g/mol. The summed E-state index contributed by atoms with van der Waals surface area (Å²) in [5.74, 6) is 3.23. The number of hydrogen-bond donors (Lipinski definition) is 2. The zero-order chi connectivity index (χ0) is 16.8. The number of aliphatic imine (C=N–C) groups is 1. The lowest BCUT2D eigenvalue weighted by Crippen LogP contribution is -2.47. The highest BCUT2D eigenvalue weighted by atomic mass is 16.2. The van der Waals surface area contributed by atoms with E-state index in [0.29, 0.717) is 12.0 Å². The fraction of sp³-hybridized carbons (Fsp3) is 0.889. The number of nitrogens with one attached hydrogen (secondary N) is 2. The quantitative estimate of drug-likeness (QED) is 0.558. The molecule has 2 rings (SSSR count). The molecule has 2 fully saturated rings. The summed E-state index contributed by atoms with van der Waals surface area (Å²) >= 11 is 0. The third-order valence-electron chi connectivity index (χ3n) is 5.64. The molecule has 2 aliphatic rings. The van der Waals surface area contributed by atoms with Gasteiger partial charge in [-0.15, -0.1) is 0 Å². The second kappa shape index (κ2) is 8.55. The van der Waals surface area contributed by atoms with E-state index in [1.807, 2.05) is 0 Å². The zero-order valence-corrected chi connectivity index (χ0v) is 15.3. The van der Waals surface area contributed by atoms with Gasteiger partial charge in [-0.3, -0.25) is 4.79 Å². The van der Waals surface area contributed by atoms with Crippen molar-refractivity contribution in [3.63, 3.8) is 0 Å². The zero-order valence-electron chi connectivity index (χ0n) is 15.3. The number of amides is 1. The van der Waals surface area contributed by atoms with E-state index in [2.05, 4.69) is 29.5 Å². The Morgan fingerprint density at radius 3 is 2.48 bits per heavy atom. The number of rotatable bonds is 7. The molecule has 3 unspecified atom stereocenters. The minimum absolute atomic E-state index is 0.0431. The standard InChI is InChI=1S/C18H34N4O/c1-5-13(6-2)11-19-18(20-12-17(23)22(3)4)21-16-10-14-7-8-15(16)9-14/h13-16H,5-12H2,1-4H3,(H2,19,20,21). The summed E-state index contributed by atoms with van der Waals surface area (Å²) < 4.78 is 0. The average molecular weight is 322 g/mol. The average Bonchev–Trinajstić information content (AvgIpc) is 3.15. The van der Waals surface area contributed by atoms with E-state index in [1.54, 1.807) is 19.0 Å². The number of nitrogens with zero attached hydrogens (tertiary/aromatic N) is 2. The van der Waals surface area contributed by atoms with Crippen LogP contribution in [0, 0.1) is 17.8 Å². The van der Waals surface area contributed by atoms with Crippen LogP contribution in [0.2, 0.25) is 0 Å². The maximum absolute atomic E-state index is 11.8. The van der Waals surface area contributed by atoms with Gasteiger partial charge in [0, 0.05) is 26.7 Å². The molecule has 0 aromatic carbocycles. The summed E-state index contributed by atoms with van der Waals surface area (Å²) in [5.41, 5.74) is 0. The molecule has 5 heteroatoms. The first kappa shape index (κ1) is 18.1. The predicted octanol–water partition coefficient (Wildman–Crippen LogP) is 2.23. The molecular formula is C18H34N4O. The van der Waals surface area contributed by atoms with Gasteiger partial charge in [0.2, 0.25) is 5.91 Å². The lowest BCUT2D eigenvalue weighted by atomic mass is 9.95. The molecule has 2 bridgehead atoms. The van der Waals surface area contributed by atoms with Gasteiger partial charge in [0.25, 0.3) is 0 Å². The van der Waals surface area contributed by atoms with Crippen LogP contribution in [0.3, 0.4) is 0 Å². The Labute approximate surface area is 141 Å². The Morgan fingerprint density at radius 1 is 1.22 bits per heavy atom. The highest BCUT2D eigenvalue weighted by Gasteiger charge is 2.39. The Bertz CT molecular complexity index is 417. The molecule has 23 heavy (non-hydrogen) atoms. The minimum atomic E-state index is 0.0431. The molecule has 3 atom stereocenters. The van der Waals surface area contributed by atoms with Crippen LogP contribution >= 0.6 is 0 Å². The van der Waals surface area contributed by atoms with Gasteiger partial charge in [-0.05, 0) is 37.0 Å². The van der Waals surface area contributed by atoms with Crippen molar-refractivity contribution in [2.75, 3.05) is 27.2 Å². The van der Waals surface area contributed by atoms with E-state index >= 15 is 0 Å². The lowest BCUT2D eigenvalue weighted by Gasteiger charge is -2.26. The molecule has 0 saturated heterocycles. The predicted molar refractivity (Wildman–Crippen MR) is 95.4 cm³/mol. The van der Waals surface area contributed by atoms with Crippen molar-refractivity contribution in [2.45, 2.75) is 58.4 Å².